The van der Waals surface area contributed by atoms with Crippen molar-refractivity contribution in [1.82, 2.24) is 14.7 Å². The maximum Gasteiger partial charge on any atom is 0.265 e. The topological polar surface area (TPSA) is 84.8 Å². The summed E-state index contributed by atoms with van der Waals surface area (Å²) in [5.74, 6) is 0.807. The van der Waals surface area contributed by atoms with E-state index in [4.69, 9.17) is 21.7 Å². The molecule has 0 fully saturated rings. The minimum Gasteiger partial charge on any atom is -0.454 e. The first-order valence-corrected chi connectivity index (χ1v) is 8.50. The third-order valence-corrected chi connectivity index (χ3v) is 5.02. The molecule has 2 N–H and O–H groups in total. The van der Waals surface area contributed by atoms with Gasteiger partial charge in [0.25, 0.3) is 11.5 Å². The second-order valence-electron chi connectivity index (χ2n) is 5.69. The Balaban J connectivity index is 2.06. The van der Waals surface area contributed by atoms with Gasteiger partial charge in [-0.3, -0.25) is 14.0 Å². The Labute approximate surface area is 144 Å². The lowest BCUT2D eigenvalue weighted by Crippen LogP contribution is -2.30. The van der Waals surface area contributed by atoms with Crippen molar-refractivity contribution in [3.8, 4) is 11.5 Å². The molecule has 2 aromatic heterocycles. The summed E-state index contributed by atoms with van der Waals surface area (Å²) in [6.45, 7) is 3.85. The van der Waals surface area contributed by atoms with E-state index in [-0.39, 0.29) is 24.3 Å². The summed E-state index contributed by atoms with van der Waals surface area (Å²) in [6.07, 6.45) is 0. The van der Waals surface area contributed by atoms with E-state index in [0.717, 1.165) is 11.3 Å². The number of carbonyl (C=O) groups is 1. The number of hydrogen-bond donors (Lipinski definition) is 2. The Hall–Kier alpha value is -2.39. The number of thiazole rings is 1. The number of rotatable bonds is 2. The first-order valence-electron chi connectivity index (χ1n) is 7.28. The third-order valence-electron chi connectivity index (χ3n) is 3.64. The number of nitrogens with one attached hydrogen (secondary N) is 2. The van der Waals surface area contributed by atoms with Gasteiger partial charge in [-0.1, -0.05) is 11.3 Å². The maximum absolute atomic E-state index is 12.5. The van der Waals surface area contributed by atoms with Gasteiger partial charge in [0.15, 0.2) is 15.5 Å². The van der Waals surface area contributed by atoms with E-state index < -0.39 is 0 Å². The molecule has 0 spiro atoms. The summed E-state index contributed by atoms with van der Waals surface area (Å²) >= 11 is 6.57. The quantitative estimate of drug-likeness (QED) is 0.683. The van der Waals surface area contributed by atoms with E-state index in [1.807, 2.05) is 13.8 Å². The normalized spacial score (nSPS) is 13.1. The molecular formula is C15H13N3O4S2. The van der Waals surface area contributed by atoms with Crippen LogP contribution in [0, 0.1) is 3.95 Å². The fraction of sp³-hybridized carbons (Fsp3) is 0.267. The lowest BCUT2D eigenvalue weighted by Gasteiger charge is -2.07. The molecule has 1 amide bonds. The molecular weight excluding hydrogens is 350 g/mol. The molecule has 4 rings (SSSR count). The molecule has 9 heteroatoms. The minimum atomic E-state index is -0.310. The molecule has 3 heterocycles. The van der Waals surface area contributed by atoms with Crippen molar-refractivity contribution < 1.29 is 14.3 Å². The molecule has 0 atom stereocenters. The fourth-order valence-electron chi connectivity index (χ4n) is 2.66. The molecule has 0 unspecified atom stereocenters. The van der Waals surface area contributed by atoms with Crippen LogP contribution in [0.25, 0.3) is 16.6 Å². The summed E-state index contributed by atoms with van der Waals surface area (Å²) in [4.78, 5) is 28.0. The van der Waals surface area contributed by atoms with Crippen LogP contribution in [0.5, 0.6) is 11.5 Å². The molecule has 1 aliphatic rings. The zero-order chi connectivity index (χ0) is 17.0. The lowest BCUT2D eigenvalue weighted by atomic mass is 10.2. The molecule has 0 saturated heterocycles. The van der Waals surface area contributed by atoms with Crippen LogP contribution in [-0.2, 0) is 0 Å². The molecule has 0 radical (unpaired) electrons. The van der Waals surface area contributed by atoms with Crippen LogP contribution in [0.4, 0.5) is 0 Å². The molecule has 7 nitrogen and oxygen atoms in total. The predicted molar refractivity (Wildman–Crippen MR) is 93.0 cm³/mol. The second kappa shape index (κ2) is 5.32. The van der Waals surface area contributed by atoms with Gasteiger partial charge in [0.2, 0.25) is 6.79 Å². The summed E-state index contributed by atoms with van der Waals surface area (Å²) < 4.78 is 12.9. The third kappa shape index (κ3) is 2.20. The highest BCUT2D eigenvalue weighted by molar-refractivity contribution is 7.73. The Kier molecular flexibility index (Phi) is 3.36. The SMILES string of the molecule is CC(C)NC(=O)c1sc(=S)n2c1[nH]c(=O)c1cc3c(cc12)OCO3. The van der Waals surface area contributed by atoms with E-state index in [0.29, 0.717) is 36.9 Å². The van der Waals surface area contributed by atoms with Crippen molar-refractivity contribution in [3.63, 3.8) is 0 Å². The second-order valence-corrected chi connectivity index (χ2v) is 7.33. The van der Waals surface area contributed by atoms with Gasteiger partial charge < -0.3 is 19.8 Å². The standard InChI is InChI=1S/C15H13N3O4S2/c1-6(2)16-14(20)11-12-17-13(19)7-3-9-10(22-5-21-9)4-8(7)18(12)15(23)24-11/h3-4,6H,5H2,1-2H3,(H,16,20)(H,17,19). The number of aromatic nitrogens is 2. The van der Waals surface area contributed by atoms with Crippen molar-refractivity contribution in [2.75, 3.05) is 6.79 Å². The van der Waals surface area contributed by atoms with Gasteiger partial charge in [0.1, 0.15) is 10.5 Å². The summed E-state index contributed by atoms with van der Waals surface area (Å²) in [5, 5.41) is 3.25. The van der Waals surface area contributed by atoms with E-state index in [1.54, 1.807) is 16.5 Å². The molecule has 0 aliphatic carbocycles. The van der Waals surface area contributed by atoms with Gasteiger partial charge in [-0.05, 0) is 32.1 Å². The first kappa shape index (κ1) is 15.2. The van der Waals surface area contributed by atoms with E-state index in [1.165, 1.54) is 0 Å². The van der Waals surface area contributed by atoms with Crippen LogP contribution in [-0.4, -0.2) is 28.1 Å². The van der Waals surface area contributed by atoms with E-state index in [2.05, 4.69) is 10.3 Å². The highest BCUT2D eigenvalue weighted by Crippen LogP contribution is 2.35. The Morgan fingerprint density at radius 3 is 2.79 bits per heavy atom. The number of ether oxygens (including phenoxy) is 2. The van der Waals surface area contributed by atoms with Gasteiger partial charge in [0, 0.05) is 12.1 Å². The fourth-order valence-corrected chi connectivity index (χ4v) is 3.95. The number of carbonyl (C=O) groups excluding carboxylic acids is 1. The molecule has 1 aliphatic heterocycles. The van der Waals surface area contributed by atoms with Gasteiger partial charge in [0.05, 0.1) is 10.9 Å². The van der Waals surface area contributed by atoms with Gasteiger partial charge in [-0.25, -0.2) is 0 Å². The summed E-state index contributed by atoms with van der Waals surface area (Å²) in [5.41, 5.74) is 0.664. The molecule has 3 aromatic rings. The van der Waals surface area contributed by atoms with Crippen LogP contribution in [0.1, 0.15) is 23.5 Å². The van der Waals surface area contributed by atoms with Crippen LogP contribution < -0.4 is 20.3 Å². The van der Waals surface area contributed by atoms with Gasteiger partial charge >= 0.3 is 0 Å². The highest BCUT2D eigenvalue weighted by atomic mass is 32.1. The zero-order valence-electron chi connectivity index (χ0n) is 12.8. The molecule has 1 aromatic carbocycles. The van der Waals surface area contributed by atoms with Crippen molar-refractivity contribution in [3.05, 3.63) is 31.3 Å². The molecule has 124 valence electrons. The smallest absolute Gasteiger partial charge is 0.265 e. The largest absolute Gasteiger partial charge is 0.454 e. The van der Waals surface area contributed by atoms with Crippen molar-refractivity contribution in [2.24, 2.45) is 0 Å². The van der Waals surface area contributed by atoms with Crippen LogP contribution in [0.2, 0.25) is 0 Å². The molecule has 0 bridgehead atoms. The predicted octanol–water partition coefficient (Wildman–Crippen LogP) is 2.44. The van der Waals surface area contributed by atoms with Crippen LogP contribution >= 0.6 is 23.6 Å². The number of benzene rings is 1. The number of hydrogen-bond acceptors (Lipinski definition) is 6. The van der Waals surface area contributed by atoms with Crippen molar-refractivity contribution in [1.29, 1.82) is 0 Å². The van der Waals surface area contributed by atoms with Crippen LogP contribution in [0.15, 0.2) is 16.9 Å². The average molecular weight is 363 g/mol. The van der Waals surface area contributed by atoms with E-state index >= 15 is 0 Å². The minimum absolute atomic E-state index is 0.0192. The number of H-pyrrole nitrogens is 1. The van der Waals surface area contributed by atoms with E-state index in [9.17, 15) is 9.59 Å². The van der Waals surface area contributed by atoms with Crippen molar-refractivity contribution in [2.45, 2.75) is 19.9 Å². The number of fused-ring (bicyclic) bond motifs is 4. The number of aromatic amines is 1. The molecule has 24 heavy (non-hydrogen) atoms. The Morgan fingerprint density at radius 1 is 1.38 bits per heavy atom. The van der Waals surface area contributed by atoms with Crippen LogP contribution in [0.3, 0.4) is 0 Å². The summed E-state index contributed by atoms with van der Waals surface area (Å²) in [6, 6.07) is 3.32. The monoisotopic (exact) mass is 363 g/mol. The maximum atomic E-state index is 12.5. The number of nitrogens with zero attached hydrogens (tertiary/aromatic N) is 1. The first-order chi connectivity index (χ1) is 11.5. The Morgan fingerprint density at radius 2 is 2.08 bits per heavy atom. The van der Waals surface area contributed by atoms with Crippen molar-refractivity contribution >= 4 is 46.0 Å². The van der Waals surface area contributed by atoms with Gasteiger partial charge in [-0.2, -0.15) is 0 Å². The zero-order valence-corrected chi connectivity index (χ0v) is 14.5. The van der Waals surface area contributed by atoms with Gasteiger partial charge in [-0.15, -0.1) is 0 Å². The highest BCUT2D eigenvalue weighted by Gasteiger charge is 2.21. The molecule has 0 saturated carbocycles. The Bertz CT molecular complexity index is 1110. The summed E-state index contributed by atoms with van der Waals surface area (Å²) in [7, 11) is 0. The number of amides is 1. The average Bonchev–Trinajstić information content (AvgIpc) is 3.09. The lowest BCUT2D eigenvalue weighted by molar-refractivity contribution is 0.0948.